The van der Waals surface area contributed by atoms with Crippen LogP contribution in [0.2, 0.25) is 0 Å². The Morgan fingerprint density at radius 3 is 2.74 bits per heavy atom. The number of carboxylic acid groups (broad SMARTS) is 1. The van der Waals surface area contributed by atoms with Gasteiger partial charge in [0.15, 0.2) is 0 Å². The normalized spacial score (nSPS) is 12.0. The van der Waals surface area contributed by atoms with Crippen molar-refractivity contribution in [2.45, 2.75) is 19.6 Å². The van der Waals surface area contributed by atoms with Gasteiger partial charge in [-0.1, -0.05) is 0 Å². The van der Waals surface area contributed by atoms with Crippen LogP contribution in [0.1, 0.15) is 21.9 Å². The van der Waals surface area contributed by atoms with Crippen molar-refractivity contribution >= 4 is 11.7 Å². The minimum atomic E-state index is -1.12. The SMILES string of the molecule is Cc1cc(OCc2ccc(C(=O)O)o2)ccc1NCC(O)CO. The molecular weight excluding hydrogens is 302 g/mol. The molecule has 7 heteroatoms. The first-order valence-electron chi connectivity index (χ1n) is 7.08. The third-order valence-electron chi connectivity index (χ3n) is 3.19. The number of carboxylic acids is 1. The molecule has 0 aliphatic rings. The number of hydrogen-bond acceptors (Lipinski definition) is 6. The summed E-state index contributed by atoms with van der Waals surface area (Å²) in [6.07, 6.45) is -0.812. The van der Waals surface area contributed by atoms with Gasteiger partial charge in [-0.2, -0.15) is 0 Å². The van der Waals surface area contributed by atoms with Gasteiger partial charge >= 0.3 is 5.97 Å². The van der Waals surface area contributed by atoms with Gasteiger partial charge < -0.3 is 29.8 Å². The van der Waals surface area contributed by atoms with Gasteiger partial charge in [0.05, 0.1) is 12.7 Å². The van der Waals surface area contributed by atoms with Gasteiger partial charge in [0.1, 0.15) is 18.1 Å². The third kappa shape index (κ3) is 4.73. The van der Waals surface area contributed by atoms with E-state index in [0.29, 0.717) is 11.5 Å². The second kappa shape index (κ2) is 7.66. The number of carbonyl (C=O) groups is 1. The molecule has 2 rings (SSSR count). The molecule has 0 aliphatic heterocycles. The van der Waals surface area contributed by atoms with Gasteiger partial charge in [-0.05, 0) is 42.8 Å². The minimum absolute atomic E-state index is 0.123. The predicted molar refractivity (Wildman–Crippen MR) is 82.8 cm³/mol. The molecule has 1 heterocycles. The summed E-state index contributed by atoms with van der Waals surface area (Å²) in [5.74, 6) is -0.202. The standard InChI is InChI=1S/C16H19NO6/c1-10-6-12(2-4-14(10)17-7-11(19)8-18)22-9-13-3-5-15(23-13)16(20)21/h2-6,11,17-19H,7-9H2,1H3,(H,20,21). The summed E-state index contributed by atoms with van der Waals surface area (Å²) < 4.78 is 10.7. The first kappa shape index (κ1) is 16.9. The maximum absolute atomic E-state index is 10.7. The number of furan rings is 1. The summed E-state index contributed by atoms with van der Waals surface area (Å²) in [5.41, 5.74) is 1.74. The summed E-state index contributed by atoms with van der Waals surface area (Å²) >= 11 is 0. The highest BCUT2D eigenvalue weighted by molar-refractivity contribution is 5.84. The molecule has 0 fully saturated rings. The maximum atomic E-state index is 10.7. The van der Waals surface area contributed by atoms with Crippen LogP contribution in [0, 0.1) is 6.92 Å². The first-order chi connectivity index (χ1) is 11.0. The maximum Gasteiger partial charge on any atom is 0.371 e. The van der Waals surface area contributed by atoms with Gasteiger partial charge in [0.25, 0.3) is 0 Å². The molecule has 23 heavy (non-hydrogen) atoms. The van der Waals surface area contributed by atoms with E-state index in [1.807, 2.05) is 13.0 Å². The predicted octanol–water partition coefficient (Wildman–Crippen LogP) is 1.63. The van der Waals surface area contributed by atoms with Crippen molar-refractivity contribution in [1.29, 1.82) is 0 Å². The highest BCUT2D eigenvalue weighted by Crippen LogP contribution is 2.22. The van der Waals surface area contributed by atoms with E-state index in [1.165, 1.54) is 6.07 Å². The van der Waals surface area contributed by atoms with E-state index >= 15 is 0 Å². The summed E-state index contributed by atoms with van der Waals surface area (Å²) in [7, 11) is 0. The highest BCUT2D eigenvalue weighted by Gasteiger charge is 2.10. The first-order valence-corrected chi connectivity index (χ1v) is 7.08. The molecule has 7 nitrogen and oxygen atoms in total. The number of rotatable bonds is 8. The van der Waals surface area contributed by atoms with Crippen LogP contribution in [0.25, 0.3) is 0 Å². The van der Waals surface area contributed by atoms with Crippen molar-refractivity contribution in [3.8, 4) is 5.75 Å². The molecule has 4 N–H and O–H groups in total. The Bertz CT molecular complexity index is 666. The van der Waals surface area contributed by atoms with Gasteiger partial charge in [0.2, 0.25) is 5.76 Å². The monoisotopic (exact) mass is 321 g/mol. The Balaban J connectivity index is 1.93. The lowest BCUT2D eigenvalue weighted by molar-refractivity contribution is 0.0658. The van der Waals surface area contributed by atoms with Crippen LogP contribution in [-0.2, 0) is 6.61 Å². The molecule has 0 spiro atoms. The number of aromatic carboxylic acids is 1. The van der Waals surface area contributed by atoms with Crippen LogP contribution < -0.4 is 10.1 Å². The molecule has 0 saturated heterocycles. The number of nitrogens with one attached hydrogen (secondary N) is 1. The molecule has 0 amide bonds. The van der Waals surface area contributed by atoms with E-state index < -0.39 is 12.1 Å². The molecule has 124 valence electrons. The smallest absolute Gasteiger partial charge is 0.371 e. The van der Waals surface area contributed by atoms with Crippen molar-refractivity contribution in [3.05, 3.63) is 47.4 Å². The zero-order valence-corrected chi connectivity index (χ0v) is 12.7. The third-order valence-corrected chi connectivity index (χ3v) is 3.19. The Kier molecular flexibility index (Phi) is 5.61. The topological polar surface area (TPSA) is 112 Å². The average Bonchev–Trinajstić information content (AvgIpc) is 3.01. The second-order valence-electron chi connectivity index (χ2n) is 5.05. The molecule has 1 unspecified atom stereocenters. The average molecular weight is 321 g/mol. The van der Waals surface area contributed by atoms with Gasteiger partial charge in [-0.3, -0.25) is 0 Å². The lowest BCUT2D eigenvalue weighted by atomic mass is 10.2. The van der Waals surface area contributed by atoms with Crippen LogP contribution in [0.3, 0.4) is 0 Å². The Morgan fingerprint density at radius 1 is 1.35 bits per heavy atom. The highest BCUT2D eigenvalue weighted by atomic mass is 16.5. The van der Waals surface area contributed by atoms with Crippen LogP contribution >= 0.6 is 0 Å². The Labute approximate surface area is 133 Å². The number of ether oxygens (including phenoxy) is 1. The fraction of sp³-hybridized carbons (Fsp3) is 0.312. The van der Waals surface area contributed by atoms with Crippen LogP contribution in [0.5, 0.6) is 5.75 Å². The second-order valence-corrected chi connectivity index (χ2v) is 5.05. The molecular formula is C16H19NO6. The number of aryl methyl sites for hydroxylation is 1. The summed E-state index contributed by atoms with van der Waals surface area (Å²) in [6.45, 7) is 1.97. The van der Waals surface area contributed by atoms with Crippen molar-refractivity contribution < 1.29 is 29.3 Å². The number of aliphatic hydroxyl groups is 2. The van der Waals surface area contributed by atoms with E-state index in [1.54, 1.807) is 18.2 Å². The zero-order valence-electron chi connectivity index (χ0n) is 12.7. The molecule has 1 aromatic heterocycles. The number of benzene rings is 1. The van der Waals surface area contributed by atoms with E-state index in [-0.39, 0.29) is 25.5 Å². The molecule has 2 aromatic rings. The van der Waals surface area contributed by atoms with Crippen LogP contribution in [0.4, 0.5) is 5.69 Å². The van der Waals surface area contributed by atoms with Crippen LogP contribution in [-0.4, -0.2) is 40.5 Å². The van der Waals surface area contributed by atoms with E-state index in [2.05, 4.69) is 5.32 Å². The fourth-order valence-electron chi connectivity index (χ4n) is 1.94. The quantitative estimate of drug-likeness (QED) is 0.584. The van der Waals surface area contributed by atoms with Crippen LogP contribution in [0.15, 0.2) is 34.7 Å². The molecule has 0 bridgehead atoms. The van der Waals surface area contributed by atoms with E-state index in [4.69, 9.17) is 19.4 Å². The largest absolute Gasteiger partial charge is 0.486 e. The molecule has 0 aliphatic carbocycles. The fourth-order valence-corrected chi connectivity index (χ4v) is 1.94. The van der Waals surface area contributed by atoms with Gasteiger partial charge in [-0.15, -0.1) is 0 Å². The Morgan fingerprint density at radius 2 is 2.13 bits per heavy atom. The van der Waals surface area contributed by atoms with Crippen molar-refractivity contribution in [2.75, 3.05) is 18.5 Å². The van der Waals surface area contributed by atoms with Crippen molar-refractivity contribution in [1.82, 2.24) is 0 Å². The number of hydrogen-bond donors (Lipinski definition) is 4. The van der Waals surface area contributed by atoms with E-state index in [9.17, 15) is 9.90 Å². The Hall–Kier alpha value is -2.51. The molecule has 1 aromatic carbocycles. The van der Waals surface area contributed by atoms with Gasteiger partial charge in [-0.25, -0.2) is 4.79 Å². The number of anilines is 1. The van der Waals surface area contributed by atoms with E-state index in [0.717, 1.165) is 11.3 Å². The van der Waals surface area contributed by atoms with Crippen molar-refractivity contribution in [3.63, 3.8) is 0 Å². The molecule has 0 radical (unpaired) electrons. The number of aliphatic hydroxyl groups excluding tert-OH is 2. The van der Waals surface area contributed by atoms with Gasteiger partial charge in [0, 0.05) is 12.2 Å². The lowest BCUT2D eigenvalue weighted by Gasteiger charge is -2.13. The molecule has 1 atom stereocenters. The summed E-state index contributed by atoms with van der Waals surface area (Å²) in [6, 6.07) is 8.31. The summed E-state index contributed by atoms with van der Waals surface area (Å²) in [4.78, 5) is 10.7. The molecule has 0 saturated carbocycles. The lowest BCUT2D eigenvalue weighted by Crippen LogP contribution is -2.23. The van der Waals surface area contributed by atoms with Crippen molar-refractivity contribution in [2.24, 2.45) is 0 Å². The zero-order chi connectivity index (χ0) is 16.8. The minimum Gasteiger partial charge on any atom is -0.486 e. The summed E-state index contributed by atoms with van der Waals surface area (Å²) in [5, 5.41) is 29.9.